The first-order valence-electron chi connectivity index (χ1n) is 5.78. The second-order valence-electron chi connectivity index (χ2n) is 4.07. The van der Waals surface area contributed by atoms with E-state index in [1.54, 1.807) is 12.1 Å². The van der Waals surface area contributed by atoms with Crippen LogP contribution in [-0.4, -0.2) is 42.6 Å². The molecule has 0 amide bonds. The van der Waals surface area contributed by atoms with Crippen molar-refractivity contribution in [2.75, 3.05) is 37.6 Å². The number of piperazine rings is 1. The number of nitrogens with zero attached hydrogens (tertiary/aromatic N) is 4. The first-order chi connectivity index (χ1) is 8.22. The Bertz CT molecular complexity index is 433. The van der Waals surface area contributed by atoms with Crippen LogP contribution in [0.1, 0.15) is 12.5 Å². The summed E-state index contributed by atoms with van der Waals surface area (Å²) in [6.07, 6.45) is 0. The van der Waals surface area contributed by atoms with Crippen LogP contribution >= 0.6 is 11.6 Å². The van der Waals surface area contributed by atoms with Gasteiger partial charge in [0.2, 0.25) is 0 Å². The van der Waals surface area contributed by atoms with E-state index in [0.29, 0.717) is 10.7 Å². The lowest BCUT2D eigenvalue weighted by Gasteiger charge is -2.34. The second kappa shape index (κ2) is 5.35. The molecule has 90 valence electrons. The van der Waals surface area contributed by atoms with Crippen molar-refractivity contribution in [3.63, 3.8) is 0 Å². The fourth-order valence-corrected chi connectivity index (χ4v) is 2.21. The van der Waals surface area contributed by atoms with Crippen molar-refractivity contribution in [3.8, 4) is 6.07 Å². The Balaban J connectivity index is 2.13. The minimum atomic E-state index is 0.386. The molecule has 2 heterocycles. The maximum Gasteiger partial charge on any atom is 0.132 e. The number of likely N-dealkylation sites (N-methyl/N-ethyl adjacent to an activating group) is 1. The zero-order valence-electron chi connectivity index (χ0n) is 9.86. The van der Waals surface area contributed by atoms with Crippen molar-refractivity contribution in [1.82, 2.24) is 9.88 Å². The van der Waals surface area contributed by atoms with Gasteiger partial charge in [0.25, 0.3) is 0 Å². The van der Waals surface area contributed by atoms with Gasteiger partial charge in [0.15, 0.2) is 0 Å². The number of aromatic nitrogens is 1. The van der Waals surface area contributed by atoms with Crippen LogP contribution in [-0.2, 0) is 0 Å². The number of hydrogen-bond acceptors (Lipinski definition) is 4. The molecule has 17 heavy (non-hydrogen) atoms. The topological polar surface area (TPSA) is 43.2 Å². The molecule has 0 spiro atoms. The van der Waals surface area contributed by atoms with Gasteiger partial charge >= 0.3 is 0 Å². The highest BCUT2D eigenvalue weighted by molar-refractivity contribution is 6.29. The molecular weight excluding hydrogens is 236 g/mol. The molecule has 5 heteroatoms. The SMILES string of the molecule is CCN1CCN(c2cc(C#N)cc(Cl)n2)CC1. The van der Waals surface area contributed by atoms with Crippen LogP contribution in [0.25, 0.3) is 0 Å². The fraction of sp³-hybridized carbons (Fsp3) is 0.500. The maximum atomic E-state index is 8.90. The molecule has 1 aromatic rings. The summed E-state index contributed by atoms with van der Waals surface area (Å²) in [5, 5.41) is 9.29. The molecule has 1 fully saturated rings. The molecule has 1 saturated heterocycles. The Kier molecular flexibility index (Phi) is 3.82. The van der Waals surface area contributed by atoms with E-state index in [9.17, 15) is 0 Å². The van der Waals surface area contributed by atoms with Gasteiger partial charge in [0, 0.05) is 26.2 Å². The van der Waals surface area contributed by atoms with Crippen LogP contribution in [0.4, 0.5) is 5.82 Å². The highest BCUT2D eigenvalue weighted by Gasteiger charge is 2.17. The van der Waals surface area contributed by atoms with Gasteiger partial charge in [-0.05, 0) is 18.7 Å². The minimum absolute atomic E-state index is 0.386. The van der Waals surface area contributed by atoms with E-state index < -0.39 is 0 Å². The van der Waals surface area contributed by atoms with Gasteiger partial charge < -0.3 is 9.80 Å². The Morgan fingerprint density at radius 1 is 1.35 bits per heavy atom. The molecule has 2 rings (SSSR count). The zero-order chi connectivity index (χ0) is 12.3. The normalized spacial score (nSPS) is 16.9. The molecule has 0 aromatic carbocycles. The van der Waals surface area contributed by atoms with E-state index >= 15 is 0 Å². The molecule has 0 N–H and O–H groups in total. The lowest BCUT2D eigenvalue weighted by atomic mass is 10.2. The number of hydrogen-bond donors (Lipinski definition) is 0. The molecule has 0 bridgehead atoms. The Labute approximate surface area is 106 Å². The van der Waals surface area contributed by atoms with E-state index in [1.807, 2.05) is 0 Å². The Morgan fingerprint density at radius 3 is 2.65 bits per heavy atom. The highest BCUT2D eigenvalue weighted by atomic mass is 35.5. The minimum Gasteiger partial charge on any atom is -0.354 e. The number of pyridine rings is 1. The summed E-state index contributed by atoms with van der Waals surface area (Å²) in [6, 6.07) is 5.50. The van der Waals surface area contributed by atoms with Crippen molar-refractivity contribution in [1.29, 1.82) is 5.26 Å². The molecule has 0 radical (unpaired) electrons. The maximum absolute atomic E-state index is 8.90. The van der Waals surface area contributed by atoms with Crippen LogP contribution in [0.2, 0.25) is 5.15 Å². The smallest absolute Gasteiger partial charge is 0.132 e. The number of rotatable bonds is 2. The summed E-state index contributed by atoms with van der Waals surface area (Å²) in [6.45, 7) is 7.19. The predicted octanol–water partition coefficient (Wildman–Crippen LogP) is 1.75. The molecule has 0 atom stereocenters. The molecule has 1 aliphatic heterocycles. The van der Waals surface area contributed by atoms with E-state index in [-0.39, 0.29) is 0 Å². The van der Waals surface area contributed by atoms with Crippen molar-refractivity contribution < 1.29 is 0 Å². The molecule has 4 nitrogen and oxygen atoms in total. The van der Waals surface area contributed by atoms with Gasteiger partial charge in [-0.3, -0.25) is 0 Å². The van der Waals surface area contributed by atoms with Crippen molar-refractivity contribution in [3.05, 3.63) is 22.8 Å². The molecular formula is C12H15ClN4. The van der Waals surface area contributed by atoms with Crippen LogP contribution in [0.3, 0.4) is 0 Å². The largest absolute Gasteiger partial charge is 0.354 e. The van der Waals surface area contributed by atoms with Gasteiger partial charge in [0.1, 0.15) is 11.0 Å². The van der Waals surface area contributed by atoms with E-state index in [0.717, 1.165) is 38.5 Å². The molecule has 1 aliphatic rings. The van der Waals surface area contributed by atoms with Crippen molar-refractivity contribution >= 4 is 17.4 Å². The first kappa shape index (κ1) is 12.2. The Morgan fingerprint density at radius 2 is 2.06 bits per heavy atom. The molecule has 1 aromatic heterocycles. The summed E-state index contributed by atoms with van der Waals surface area (Å²) < 4.78 is 0. The standard InChI is InChI=1S/C12H15ClN4/c1-2-16-3-5-17(6-4-16)12-8-10(9-14)7-11(13)15-12/h7-8H,2-6H2,1H3. The van der Waals surface area contributed by atoms with Gasteiger partial charge in [-0.1, -0.05) is 18.5 Å². The molecule has 0 aliphatic carbocycles. The first-order valence-corrected chi connectivity index (χ1v) is 6.15. The van der Waals surface area contributed by atoms with Gasteiger partial charge in [-0.25, -0.2) is 4.98 Å². The monoisotopic (exact) mass is 250 g/mol. The second-order valence-corrected chi connectivity index (χ2v) is 4.46. The zero-order valence-corrected chi connectivity index (χ0v) is 10.6. The summed E-state index contributed by atoms with van der Waals surface area (Å²) in [7, 11) is 0. The number of anilines is 1. The molecule has 0 saturated carbocycles. The summed E-state index contributed by atoms with van der Waals surface area (Å²) in [5.41, 5.74) is 0.568. The van der Waals surface area contributed by atoms with Gasteiger partial charge in [-0.2, -0.15) is 5.26 Å². The lowest BCUT2D eigenvalue weighted by Crippen LogP contribution is -2.46. The van der Waals surface area contributed by atoms with Crippen LogP contribution in [0, 0.1) is 11.3 Å². The van der Waals surface area contributed by atoms with Crippen molar-refractivity contribution in [2.45, 2.75) is 6.92 Å². The average Bonchev–Trinajstić information content (AvgIpc) is 2.38. The molecule has 0 unspecified atom stereocenters. The fourth-order valence-electron chi connectivity index (χ4n) is 2.00. The van der Waals surface area contributed by atoms with Crippen molar-refractivity contribution in [2.24, 2.45) is 0 Å². The summed E-state index contributed by atoms with van der Waals surface area (Å²) >= 11 is 5.90. The van der Waals surface area contributed by atoms with Gasteiger partial charge in [0.05, 0.1) is 11.6 Å². The quantitative estimate of drug-likeness (QED) is 0.750. The third-order valence-electron chi connectivity index (χ3n) is 3.05. The van der Waals surface area contributed by atoms with Gasteiger partial charge in [-0.15, -0.1) is 0 Å². The summed E-state index contributed by atoms with van der Waals surface area (Å²) in [4.78, 5) is 8.85. The van der Waals surface area contributed by atoms with E-state index in [1.165, 1.54) is 0 Å². The number of nitriles is 1. The van der Waals surface area contributed by atoms with E-state index in [2.05, 4.69) is 27.8 Å². The summed E-state index contributed by atoms with van der Waals surface area (Å²) in [5.74, 6) is 0.810. The number of halogens is 1. The Hall–Kier alpha value is -1.31. The van der Waals surface area contributed by atoms with E-state index in [4.69, 9.17) is 16.9 Å². The van der Waals surface area contributed by atoms with Crippen LogP contribution in [0.5, 0.6) is 0 Å². The average molecular weight is 251 g/mol. The highest BCUT2D eigenvalue weighted by Crippen LogP contribution is 2.19. The van der Waals surface area contributed by atoms with Crippen LogP contribution < -0.4 is 4.90 Å². The third-order valence-corrected chi connectivity index (χ3v) is 3.25. The lowest BCUT2D eigenvalue weighted by molar-refractivity contribution is 0.270. The third kappa shape index (κ3) is 2.87. The van der Waals surface area contributed by atoms with Crippen LogP contribution in [0.15, 0.2) is 12.1 Å². The predicted molar refractivity (Wildman–Crippen MR) is 68.3 cm³/mol.